The normalized spacial score (nSPS) is 10.2. The highest BCUT2D eigenvalue weighted by Gasteiger charge is 2.08. The van der Waals surface area contributed by atoms with Crippen LogP contribution in [0.3, 0.4) is 0 Å². The Kier molecular flexibility index (Phi) is 5.86. The van der Waals surface area contributed by atoms with Gasteiger partial charge in [-0.25, -0.2) is 0 Å². The molecule has 0 aliphatic heterocycles. The fraction of sp³-hybridized carbons (Fsp3) is 0.278. The van der Waals surface area contributed by atoms with Gasteiger partial charge in [0.15, 0.2) is 5.78 Å². The number of Topliss-reactive ketones (excluding diaryl/α,β-unsaturated/α-hetero) is 1. The van der Waals surface area contributed by atoms with Gasteiger partial charge in [-0.2, -0.15) is 0 Å². The van der Waals surface area contributed by atoms with Crippen molar-refractivity contribution in [2.45, 2.75) is 26.7 Å². The number of hydrogen-bond acceptors (Lipinski definition) is 4. The molecule has 0 bridgehead atoms. The zero-order valence-corrected chi connectivity index (χ0v) is 13.4. The molecule has 1 heterocycles. The summed E-state index contributed by atoms with van der Waals surface area (Å²) in [6.45, 7) is 4.49. The van der Waals surface area contributed by atoms with Gasteiger partial charge in [0, 0.05) is 30.2 Å². The number of pyridine rings is 1. The van der Waals surface area contributed by atoms with Crippen LogP contribution in [0.1, 0.15) is 47.4 Å². The second-order valence-corrected chi connectivity index (χ2v) is 5.33. The third-order valence-corrected chi connectivity index (χ3v) is 3.41. The van der Waals surface area contributed by atoms with Gasteiger partial charge < -0.3 is 10.6 Å². The standard InChI is InChI=1S/C18H21N3O2/c1-3-4-9-20-17-10-15(11-19-12-17)18(23)21-16-7-5-14(6-8-16)13(2)22/h5-8,10-12,20H,3-4,9H2,1-2H3,(H,21,23). The summed E-state index contributed by atoms with van der Waals surface area (Å²) in [4.78, 5) is 27.6. The van der Waals surface area contributed by atoms with Gasteiger partial charge in [-0.3, -0.25) is 14.6 Å². The Balaban J connectivity index is 2.02. The topological polar surface area (TPSA) is 71.1 Å². The Morgan fingerprint density at radius 1 is 1.04 bits per heavy atom. The molecule has 23 heavy (non-hydrogen) atoms. The highest BCUT2D eigenvalue weighted by Crippen LogP contribution is 2.14. The molecule has 0 fully saturated rings. The van der Waals surface area contributed by atoms with Gasteiger partial charge >= 0.3 is 0 Å². The summed E-state index contributed by atoms with van der Waals surface area (Å²) in [6.07, 6.45) is 5.41. The Morgan fingerprint density at radius 3 is 2.43 bits per heavy atom. The van der Waals surface area contributed by atoms with Crippen LogP contribution in [0.4, 0.5) is 11.4 Å². The Hall–Kier alpha value is -2.69. The van der Waals surface area contributed by atoms with E-state index in [0.29, 0.717) is 16.8 Å². The summed E-state index contributed by atoms with van der Waals surface area (Å²) in [5, 5.41) is 6.05. The van der Waals surface area contributed by atoms with Crippen LogP contribution in [0.2, 0.25) is 0 Å². The van der Waals surface area contributed by atoms with Crippen molar-refractivity contribution >= 4 is 23.1 Å². The van der Waals surface area contributed by atoms with Crippen LogP contribution in [0, 0.1) is 0 Å². The van der Waals surface area contributed by atoms with Gasteiger partial charge in [0.05, 0.1) is 11.3 Å². The summed E-state index contributed by atoms with van der Waals surface area (Å²) < 4.78 is 0. The minimum Gasteiger partial charge on any atom is -0.384 e. The van der Waals surface area contributed by atoms with Gasteiger partial charge in [0.1, 0.15) is 0 Å². The quantitative estimate of drug-likeness (QED) is 0.603. The zero-order chi connectivity index (χ0) is 16.7. The third-order valence-electron chi connectivity index (χ3n) is 3.41. The monoisotopic (exact) mass is 311 g/mol. The summed E-state index contributed by atoms with van der Waals surface area (Å²) in [5.74, 6) is -0.231. The molecule has 0 radical (unpaired) electrons. The molecule has 0 atom stereocenters. The number of nitrogens with one attached hydrogen (secondary N) is 2. The number of aromatic nitrogens is 1. The molecule has 0 spiro atoms. The van der Waals surface area contributed by atoms with E-state index in [1.54, 1.807) is 36.5 Å². The molecule has 0 aliphatic rings. The molecule has 120 valence electrons. The van der Waals surface area contributed by atoms with Crippen molar-refractivity contribution in [3.05, 3.63) is 53.9 Å². The minimum absolute atomic E-state index is 0.00192. The molecule has 2 N–H and O–H groups in total. The van der Waals surface area contributed by atoms with Crippen LogP contribution in [0.5, 0.6) is 0 Å². The van der Waals surface area contributed by atoms with Crippen molar-refractivity contribution in [2.75, 3.05) is 17.2 Å². The van der Waals surface area contributed by atoms with E-state index in [-0.39, 0.29) is 11.7 Å². The van der Waals surface area contributed by atoms with E-state index in [2.05, 4.69) is 22.5 Å². The first-order chi connectivity index (χ1) is 11.1. The number of carbonyl (C=O) groups is 2. The lowest BCUT2D eigenvalue weighted by Crippen LogP contribution is -2.13. The van der Waals surface area contributed by atoms with E-state index in [0.717, 1.165) is 25.1 Å². The molecular weight excluding hydrogens is 290 g/mol. The second-order valence-electron chi connectivity index (χ2n) is 5.33. The number of unbranched alkanes of at least 4 members (excludes halogenated alkanes) is 1. The fourth-order valence-corrected chi connectivity index (χ4v) is 2.06. The van der Waals surface area contributed by atoms with Crippen LogP contribution >= 0.6 is 0 Å². The van der Waals surface area contributed by atoms with E-state index < -0.39 is 0 Å². The van der Waals surface area contributed by atoms with Gasteiger partial charge in [-0.15, -0.1) is 0 Å². The van der Waals surface area contributed by atoms with Crippen LogP contribution in [0.25, 0.3) is 0 Å². The summed E-state index contributed by atoms with van der Waals surface area (Å²) in [6, 6.07) is 8.59. The van der Waals surface area contributed by atoms with E-state index >= 15 is 0 Å². The highest BCUT2D eigenvalue weighted by atomic mass is 16.1. The number of ketones is 1. The smallest absolute Gasteiger partial charge is 0.257 e. The first-order valence-corrected chi connectivity index (χ1v) is 7.71. The van der Waals surface area contributed by atoms with E-state index in [1.165, 1.54) is 13.1 Å². The first-order valence-electron chi connectivity index (χ1n) is 7.71. The Morgan fingerprint density at radius 2 is 1.78 bits per heavy atom. The van der Waals surface area contributed by atoms with Gasteiger partial charge in [0.2, 0.25) is 0 Å². The third kappa shape index (κ3) is 4.92. The maximum atomic E-state index is 12.3. The lowest BCUT2D eigenvalue weighted by molar-refractivity contribution is 0.101. The molecule has 1 aromatic carbocycles. The largest absolute Gasteiger partial charge is 0.384 e. The van der Waals surface area contributed by atoms with Crippen molar-refractivity contribution in [1.29, 1.82) is 0 Å². The van der Waals surface area contributed by atoms with Crippen molar-refractivity contribution in [3.8, 4) is 0 Å². The molecule has 5 nitrogen and oxygen atoms in total. The number of hydrogen-bond donors (Lipinski definition) is 2. The zero-order valence-electron chi connectivity index (χ0n) is 13.4. The maximum Gasteiger partial charge on any atom is 0.257 e. The average molecular weight is 311 g/mol. The summed E-state index contributed by atoms with van der Waals surface area (Å²) in [5.41, 5.74) is 2.58. The first kappa shape index (κ1) is 16.7. The Bertz CT molecular complexity index is 681. The Labute approximate surface area is 136 Å². The van der Waals surface area contributed by atoms with E-state index in [1.807, 2.05) is 0 Å². The highest BCUT2D eigenvalue weighted by molar-refractivity contribution is 6.04. The van der Waals surface area contributed by atoms with Crippen molar-refractivity contribution in [1.82, 2.24) is 4.98 Å². The molecule has 2 rings (SSSR count). The van der Waals surface area contributed by atoms with Crippen LogP contribution in [-0.2, 0) is 0 Å². The number of rotatable bonds is 7. The molecule has 1 amide bonds. The number of benzene rings is 1. The number of anilines is 2. The van der Waals surface area contributed by atoms with Crippen molar-refractivity contribution in [2.24, 2.45) is 0 Å². The van der Waals surface area contributed by atoms with Crippen LogP contribution in [0.15, 0.2) is 42.7 Å². The number of carbonyl (C=O) groups excluding carboxylic acids is 2. The minimum atomic E-state index is -0.229. The van der Waals surface area contributed by atoms with Gasteiger partial charge in [-0.1, -0.05) is 13.3 Å². The van der Waals surface area contributed by atoms with Crippen molar-refractivity contribution < 1.29 is 9.59 Å². The van der Waals surface area contributed by atoms with Crippen LogP contribution < -0.4 is 10.6 Å². The molecule has 2 aromatic rings. The van der Waals surface area contributed by atoms with Crippen LogP contribution in [-0.4, -0.2) is 23.2 Å². The second kappa shape index (κ2) is 8.08. The molecule has 5 heteroatoms. The lowest BCUT2D eigenvalue weighted by Gasteiger charge is -2.08. The fourth-order valence-electron chi connectivity index (χ4n) is 2.06. The molecule has 1 aromatic heterocycles. The van der Waals surface area contributed by atoms with E-state index in [4.69, 9.17) is 0 Å². The molecule has 0 unspecified atom stereocenters. The molecule has 0 saturated heterocycles. The molecular formula is C18H21N3O2. The predicted octanol–water partition coefficient (Wildman–Crippen LogP) is 3.75. The number of amides is 1. The molecule has 0 aliphatic carbocycles. The van der Waals surface area contributed by atoms with Gasteiger partial charge in [-0.05, 0) is 43.7 Å². The van der Waals surface area contributed by atoms with Gasteiger partial charge in [0.25, 0.3) is 5.91 Å². The maximum absolute atomic E-state index is 12.3. The van der Waals surface area contributed by atoms with Crippen molar-refractivity contribution in [3.63, 3.8) is 0 Å². The predicted molar refractivity (Wildman–Crippen MR) is 92.0 cm³/mol. The average Bonchev–Trinajstić information content (AvgIpc) is 2.56. The number of nitrogens with zero attached hydrogens (tertiary/aromatic N) is 1. The molecule has 0 saturated carbocycles. The summed E-state index contributed by atoms with van der Waals surface area (Å²) >= 11 is 0. The lowest BCUT2D eigenvalue weighted by atomic mass is 10.1. The SMILES string of the molecule is CCCCNc1cncc(C(=O)Nc2ccc(C(C)=O)cc2)c1. The van der Waals surface area contributed by atoms with E-state index in [9.17, 15) is 9.59 Å². The summed E-state index contributed by atoms with van der Waals surface area (Å²) in [7, 11) is 0.